The van der Waals surface area contributed by atoms with Gasteiger partial charge >= 0.3 is 0 Å². The van der Waals surface area contributed by atoms with E-state index in [2.05, 4.69) is 4.98 Å². The SMILES string of the molecule is COCCCN1C(=O)C(=O)/C(=C(/O)c2ccc(OC)cc2C)C1c1ccncc1. The van der Waals surface area contributed by atoms with Gasteiger partial charge in [0.05, 0.1) is 18.7 Å². The number of carbonyl (C=O) groups is 2. The fourth-order valence-electron chi connectivity index (χ4n) is 3.56. The lowest BCUT2D eigenvalue weighted by atomic mass is 9.94. The third-order valence-electron chi connectivity index (χ3n) is 5.00. The number of aromatic nitrogens is 1. The van der Waals surface area contributed by atoms with E-state index >= 15 is 0 Å². The molecule has 0 aliphatic carbocycles. The standard InChI is InChI=1S/C22H24N2O5/c1-14-13-16(29-3)5-6-17(14)20(25)18-19(15-7-9-23-10-8-15)24(11-4-12-28-2)22(27)21(18)26/h5-10,13,19,25H,4,11-12H2,1-3H3/b20-18+. The molecule has 1 aromatic heterocycles. The maximum Gasteiger partial charge on any atom is 0.295 e. The number of likely N-dealkylation sites (tertiary alicyclic amines) is 1. The Bertz CT molecular complexity index is 939. The molecule has 1 atom stereocenters. The highest BCUT2D eigenvalue weighted by Gasteiger charge is 2.45. The van der Waals surface area contributed by atoms with E-state index in [1.54, 1.807) is 56.9 Å². The van der Waals surface area contributed by atoms with Gasteiger partial charge in [-0.1, -0.05) is 0 Å². The average Bonchev–Trinajstić information content (AvgIpc) is 2.99. The number of aryl methyl sites for hydroxylation is 1. The summed E-state index contributed by atoms with van der Waals surface area (Å²) in [5.74, 6) is -0.878. The lowest BCUT2D eigenvalue weighted by molar-refractivity contribution is -0.140. The second kappa shape index (κ2) is 8.87. The van der Waals surface area contributed by atoms with Crippen LogP contribution in [0.15, 0.2) is 48.3 Å². The number of aliphatic hydroxyl groups is 1. The van der Waals surface area contributed by atoms with Gasteiger partial charge in [-0.2, -0.15) is 0 Å². The molecule has 7 heteroatoms. The zero-order valence-corrected chi connectivity index (χ0v) is 16.7. The van der Waals surface area contributed by atoms with Gasteiger partial charge in [0, 0.05) is 38.2 Å². The fourth-order valence-corrected chi connectivity index (χ4v) is 3.56. The number of carbonyl (C=O) groups excluding carboxylic acids is 2. The first-order chi connectivity index (χ1) is 14.0. The molecule has 7 nitrogen and oxygen atoms in total. The van der Waals surface area contributed by atoms with Crippen LogP contribution in [-0.4, -0.2) is 54.1 Å². The lowest BCUT2D eigenvalue weighted by Crippen LogP contribution is -2.31. The fraction of sp³-hybridized carbons (Fsp3) is 0.318. The minimum Gasteiger partial charge on any atom is -0.507 e. The summed E-state index contributed by atoms with van der Waals surface area (Å²) in [4.78, 5) is 31.2. The highest BCUT2D eigenvalue weighted by molar-refractivity contribution is 6.46. The summed E-state index contributed by atoms with van der Waals surface area (Å²) in [7, 11) is 3.14. The van der Waals surface area contributed by atoms with E-state index in [9.17, 15) is 14.7 Å². The number of benzene rings is 1. The van der Waals surface area contributed by atoms with Gasteiger partial charge in [-0.05, 0) is 54.8 Å². The molecule has 0 radical (unpaired) electrons. The van der Waals surface area contributed by atoms with Gasteiger partial charge in [0.2, 0.25) is 0 Å². The van der Waals surface area contributed by atoms with E-state index in [0.29, 0.717) is 36.4 Å². The van der Waals surface area contributed by atoms with Crippen molar-refractivity contribution in [3.8, 4) is 5.75 Å². The number of hydrogen-bond donors (Lipinski definition) is 1. The Labute approximate surface area is 169 Å². The quantitative estimate of drug-likeness (QED) is 0.335. The first-order valence-corrected chi connectivity index (χ1v) is 9.31. The number of rotatable bonds is 7. The summed E-state index contributed by atoms with van der Waals surface area (Å²) in [5.41, 5.74) is 2.01. The molecule has 0 spiro atoms. The number of amides is 1. The van der Waals surface area contributed by atoms with Crippen molar-refractivity contribution in [2.45, 2.75) is 19.4 Å². The summed E-state index contributed by atoms with van der Waals surface area (Å²) < 4.78 is 10.3. The van der Waals surface area contributed by atoms with E-state index in [1.807, 2.05) is 6.92 Å². The molecule has 1 fully saturated rings. The van der Waals surface area contributed by atoms with Crippen molar-refractivity contribution in [2.75, 3.05) is 27.4 Å². The van der Waals surface area contributed by atoms with Crippen LogP contribution in [0.4, 0.5) is 0 Å². The summed E-state index contributed by atoms with van der Waals surface area (Å²) in [6, 6.07) is 7.97. The summed E-state index contributed by atoms with van der Waals surface area (Å²) in [5, 5.41) is 11.1. The van der Waals surface area contributed by atoms with Crippen molar-refractivity contribution in [2.24, 2.45) is 0 Å². The molecule has 2 aromatic rings. The molecule has 152 valence electrons. The molecule has 1 amide bonds. The van der Waals surface area contributed by atoms with E-state index in [4.69, 9.17) is 9.47 Å². The molecule has 1 N–H and O–H groups in total. The topological polar surface area (TPSA) is 89.0 Å². The predicted octanol–water partition coefficient (Wildman–Crippen LogP) is 2.86. The van der Waals surface area contributed by atoms with E-state index in [-0.39, 0.29) is 11.3 Å². The van der Waals surface area contributed by atoms with E-state index in [0.717, 1.165) is 5.56 Å². The van der Waals surface area contributed by atoms with Crippen LogP contribution in [0.1, 0.15) is 29.2 Å². The Morgan fingerprint density at radius 3 is 2.52 bits per heavy atom. The van der Waals surface area contributed by atoms with Crippen LogP contribution in [0.3, 0.4) is 0 Å². The molecular weight excluding hydrogens is 372 g/mol. The molecular formula is C22H24N2O5. The van der Waals surface area contributed by atoms with E-state index in [1.165, 1.54) is 4.90 Å². The Kier molecular flexibility index (Phi) is 6.29. The van der Waals surface area contributed by atoms with E-state index < -0.39 is 17.7 Å². The molecule has 1 saturated heterocycles. The largest absolute Gasteiger partial charge is 0.507 e. The normalized spacial score (nSPS) is 18.3. The third kappa shape index (κ3) is 4.00. The second-order valence-electron chi connectivity index (χ2n) is 6.80. The van der Waals surface area contributed by atoms with Crippen molar-refractivity contribution in [1.82, 2.24) is 9.88 Å². The van der Waals surface area contributed by atoms with Crippen molar-refractivity contribution >= 4 is 17.4 Å². The lowest BCUT2D eigenvalue weighted by Gasteiger charge is -2.25. The molecule has 29 heavy (non-hydrogen) atoms. The molecule has 0 saturated carbocycles. The van der Waals surface area contributed by atoms with Crippen molar-refractivity contribution in [3.05, 3.63) is 65.0 Å². The van der Waals surface area contributed by atoms with Gasteiger partial charge < -0.3 is 19.5 Å². The smallest absolute Gasteiger partial charge is 0.295 e. The summed E-state index contributed by atoms with van der Waals surface area (Å²) in [6.45, 7) is 2.61. The van der Waals surface area contributed by atoms with Crippen LogP contribution in [0.5, 0.6) is 5.75 Å². The zero-order chi connectivity index (χ0) is 21.0. The van der Waals surface area contributed by atoms with Crippen LogP contribution in [0.25, 0.3) is 5.76 Å². The van der Waals surface area contributed by atoms with Gasteiger partial charge in [-0.25, -0.2) is 0 Å². The van der Waals surface area contributed by atoms with Crippen molar-refractivity contribution < 1.29 is 24.2 Å². The third-order valence-corrected chi connectivity index (χ3v) is 5.00. The van der Waals surface area contributed by atoms with Crippen LogP contribution >= 0.6 is 0 Å². The maximum atomic E-state index is 12.9. The molecule has 2 heterocycles. The average molecular weight is 396 g/mol. The van der Waals surface area contributed by atoms with Crippen LogP contribution < -0.4 is 4.74 Å². The van der Waals surface area contributed by atoms with Crippen LogP contribution in [0, 0.1) is 6.92 Å². The Balaban J connectivity index is 2.12. The predicted molar refractivity (Wildman–Crippen MR) is 107 cm³/mol. The Morgan fingerprint density at radius 2 is 1.90 bits per heavy atom. The molecule has 1 aromatic carbocycles. The molecule has 1 aliphatic heterocycles. The summed E-state index contributed by atoms with van der Waals surface area (Å²) in [6.07, 6.45) is 3.78. The minimum absolute atomic E-state index is 0.0758. The highest BCUT2D eigenvalue weighted by atomic mass is 16.5. The number of pyridine rings is 1. The van der Waals surface area contributed by atoms with Crippen LogP contribution in [-0.2, 0) is 14.3 Å². The van der Waals surface area contributed by atoms with Crippen molar-refractivity contribution in [3.63, 3.8) is 0 Å². The minimum atomic E-state index is -0.697. The molecule has 1 unspecified atom stereocenters. The molecule has 0 bridgehead atoms. The first-order valence-electron chi connectivity index (χ1n) is 9.31. The highest BCUT2D eigenvalue weighted by Crippen LogP contribution is 2.40. The molecule has 1 aliphatic rings. The van der Waals surface area contributed by atoms with Crippen molar-refractivity contribution in [1.29, 1.82) is 0 Å². The number of hydrogen-bond acceptors (Lipinski definition) is 6. The maximum absolute atomic E-state index is 12.9. The Morgan fingerprint density at radius 1 is 1.17 bits per heavy atom. The van der Waals surface area contributed by atoms with Gasteiger partial charge in [-0.15, -0.1) is 0 Å². The first kappa shape index (κ1) is 20.5. The monoisotopic (exact) mass is 396 g/mol. The van der Waals surface area contributed by atoms with Gasteiger partial charge in [0.25, 0.3) is 11.7 Å². The number of nitrogens with zero attached hydrogens (tertiary/aromatic N) is 2. The number of ketones is 1. The van der Waals surface area contributed by atoms with Gasteiger partial charge in [-0.3, -0.25) is 14.6 Å². The zero-order valence-electron chi connectivity index (χ0n) is 16.7. The second-order valence-corrected chi connectivity index (χ2v) is 6.80. The number of Topliss-reactive ketones (excluding diaryl/α,β-unsaturated/α-hetero) is 1. The summed E-state index contributed by atoms with van der Waals surface area (Å²) >= 11 is 0. The number of ether oxygens (including phenoxy) is 2. The Hall–Kier alpha value is -3.19. The van der Waals surface area contributed by atoms with Crippen LogP contribution in [0.2, 0.25) is 0 Å². The number of aliphatic hydroxyl groups excluding tert-OH is 1. The molecule has 3 rings (SSSR count). The number of methoxy groups -OCH3 is 2. The van der Waals surface area contributed by atoms with Gasteiger partial charge in [0.1, 0.15) is 11.5 Å². The van der Waals surface area contributed by atoms with Gasteiger partial charge in [0.15, 0.2) is 0 Å².